The molecule has 0 aliphatic heterocycles. The van der Waals surface area contributed by atoms with Crippen LogP contribution in [0.1, 0.15) is 51.6 Å². The average molecular weight is 424 g/mol. The average Bonchev–Trinajstić information content (AvgIpc) is 2.82. The van der Waals surface area contributed by atoms with Gasteiger partial charge < -0.3 is 9.88 Å². The van der Waals surface area contributed by atoms with E-state index in [-0.39, 0.29) is 17.5 Å². The summed E-state index contributed by atoms with van der Waals surface area (Å²) in [5.74, 6) is -0.117. The van der Waals surface area contributed by atoms with E-state index in [0.717, 1.165) is 30.3 Å². The second kappa shape index (κ2) is 8.42. The van der Waals surface area contributed by atoms with E-state index in [9.17, 15) is 9.59 Å². The van der Waals surface area contributed by atoms with Gasteiger partial charge >= 0.3 is 0 Å². The van der Waals surface area contributed by atoms with E-state index >= 15 is 0 Å². The molecule has 1 aliphatic carbocycles. The maximum atomic E-state index is 13.1. The number of nitrogens with one attached hydrogen (secondary N) is 1. The number of aromatic nitrogens is 2. The van der Waals surface area contributed by atoms with E-state index in [2.05, 4.69) is 28.5 Å². The minimum Gasteiger partial charge on any atom is -0.345 e. The third-order valence-electron chi connectivity index (χ3n) is 6.23. The molecule has 1 amide bonds. The van der Waals surface area contributed by atoms with Gasteiger partial charge in [-0.3, -0.25) is 9.59 Å². The molecule has 4 aromatic rings. The first-order valence-electron chi connectivity index (χ1n) is 11.0. The summed E-state index contributed by atoms with van der Waals surface area (Å²) in [6.45, 7) is 2.18. The van der Waals surface area contributed by atoms with Crippen molar-refractivity contribution >= 4 is 16.9 Å². The first-order chi connectivity index (χ1) is 15.6. The second-order valence-electron chi connectivity index (χ2n) is 8.39. The highest BCUT2D eigenvalue weighted by Gasteiger charge is 2.22. The first kappa shape index (κ1) is 20.2. The van der Waals surface area contributed by atoms with Crippen LogP contribution in [-0.4, -0.2) is 15.5 Å². The van der Waals surface area contributed by atoms with Crippen LogP contribution in [0, 0.1) is 6.92 Å². The Morgan fingerprint density at radius 3 is 2.69 bits per heavy atom. The van der Waals surface area contributed by atoms with Crippen molar-refractivity contribution in [3.8, 4) is 0 Å². The van der Waals surface area contributed by atoms with Gasteiger partial charge in [0.2, 0.25) is 0 Å². The van der Waals surface area contributed by atoms with Crippen molar-refractivity contribution in [2.24, 2.45) is 0 Å². The molecule has 0 saturated heterocycles. The monoisotopic (exact) mass is 423 g/mol. The number of amides is 1. The van der Waals surface area contributed by atoms with Gasteiger partial charge in [-0.2, -0.15) is 0 Å². The van der Waals surface area contributed by atoms with Crippen molar-refractivity contribution in [3.05, 3.63) is 111 Å². The van der Waals surface area contributed by atoms with E-state index in [0.29, 0.717) is 23.3 Å². The summed E-state index contributed by atoms with van der Waals surface area (Å²) < 4.78 is 1.73. The molecule has 5 nitrogen and oxygen atoms in total. The summed E-state index contributed by atoms with van der Waals surface area (Å²) in [6.07, 6.45) is 3.05. The summed E-state index contributed by atoms with van der Waals surface area (Å²) in [5.41, 5.74) is 5.79. The fourth-order valence-corrected chi connectivity index (χ4v) is 4.58. The topological polar surface area (TPSA) is 64.0 Å². The molecule has 0 spiro atoms. The smallest absolute Gasteiger partial charge is 0.272 e. The van der Waals surface area contributed by atoms with Crippen molar-refractivity contribution in [2.45, 2.75) is 38.8 Å². The SMILES string of the molecule is Cc1nc2cc(C(=O)NC3CCCc4ccccc43)ccc2n(Cc2ccccc2)c1=O. The van der Waals surface area contributed by atoms with Gasteiger partial charge in [0.25, 0.3) is 11.5 Å². The lowest BCUT2D eigenvalue weighted by Gasteiger charge is -2.26. The van der Waals surface area contributed by atoms with Gasteiger partial charge in [0.05, 0.1) is 23.6 Å². The Morgan fingerprint density at radius 2 is 1.84 bits per heavy atom. The molecule has 5 heteroatoms. The predicted molar refractivity (Wildman–Crippen MR) is 126 cm³/mol. The van der Waals surface area contributed by atoms with Crippen LogP contribution in [0.2, 0.25) is 0 Å². The summed E-state index contributed by atoms with van der Waals surface area (Å²) >= 11 is 0. The van der Waals surface area contributed by atoms with Crippen LogP contribution in [0.15, 0.2) is 77.6 Å². The van der Waals surface area contributed by atoms with Gasteiger partial charge in [0.1, 0.15) is 5.69 Å². The van der Waals surface area contributed by atoms with Crippen LogP contribution in [-0.2, 0) is 13.0 Å². The third kappa shape index (κ3) is 3.82. The fourth-order valence-electron chi connectivity index (χ4n) is 4.58. The molecule has 1 aromatic heterocycles. The van der Waals surface area contributed by atoms with Gasteiger partial charge in [-0.25, -0.2) is 4.98 Å². The van der Waals surface area contributed by atoms with Gasteiger partial charge in [-0.05, 0) is 61.1 Å². The van der Waals surface area contributed by atoms with E-state index in [1.165, 1.54) is 11.1 Å². The Bertz CT molecular complexity index is 1360. The third-order valence-corrected chi connectivity index (χ3v) is 6.23. The summed E-state index contributed by atoms with van der Waals surface area (Å²) in [4.78, 5) is 30.4. The lowest BCUT2D eigenvalue weighted by Crippen LogP contribution is -2.31. The molecule has 1 atom stereocenters. The van der Waals surface area contributed by atoms with Gasteiger partial charge in [0, 0.05) is 5.56 Å². The van der Waals surface area contributed by atoms with Gasteiger partial charge in [0.15, 0.2) is 0 Å². The maximum absolute atomic E-state index is 13.1. The molecule has 1 N–H and O–H groups in total. The van der Waals surface area contributed by atoms with Crippen molar-refractivity contribution in [2.75, 3.05) is 0 Å². The number of carbonyl (C=O) groups excluding carboxylic acids is 1. The Balaban J connectivity index is 1.47. The molecule has 1 heterocycles. The largest absolute Gasteiger partial charge is 0.345 e. The zero-order chi connectivity index (χ0) is 22.1. The van der Waals surface area contributed by atoms with Gasteiger partial charge in [-0.15, -0.1) is 0 Å². The summed E-state index contributed by atoms with van der Waals surface area (Å²) in [6, 6.07) is 23.6. The highest BCUT2D eigenvalue weighted by molar-refractivity contribution is 5.97. The van der Waals surface area contributed by atoms with E-state index in [4.69, 9.17) is 0 Å². The molecule has 1 unspecified atom stereocenters. The minimum atomic E-state index is -0.117. The summed E-state index contributed by atoms with van der Waals surface area (Å²) in [7, 11) is 0. The van der Waals surface area contributed by atoms with Crippen LogP contribution >= 0.6 is 0 Å². The van der Waals surface area contributed by atoms with Crippen molar-refractivity contribution < 1.29 is 4.79 Å². The standard InChI is InChI=1S/C27H25N3O2/c1-18-27(32)30(17-19-8-3-2-4-9-19)25-15-14-21(16-24(25)28-18)26(31)29-23-13-7-11-20-10-5-6-12-22(20)23/h2-6,8-10,12,14-16,23H,7,11,13,17H2,1H3,(H,29,31). The zero-order valence-electron chi connectivity index (χ0n) is 18.0. The number of fused-ring (bicyclic) bond motifs is 2. The molecule has 3 aromatic carbocycles. The Kier molecular flexibility index (Phi) is 5.31. The molecular formula is C27H25N3O2. The Labute approximate surface area is 186 Å². The highest BCUT2D eigenvalue weighted by Crippen LogP contribution is 2.29. The van der Waals surface area contributed by atoms with Gasteiger partial charge in [-0.1, -0.05) is 54.6 Å². The van der Waals surface area contributed by atoms with Crippen molar-refractivity contribution in [1.82, 2.24) is 14.9 Å². The van der Waals surface area contributed by atoms with E-state index in [1.54, 1.807) is 23.6 Å². The number of aryl methyl sites for hydroxylation is 2. The van der Waals surface area contributed by atoms with Crippen LogP contribution < -0.4 is 10.9 Å². The zero-order valence-corrected chi connectivity index (χ0v) is 18.0. The fraction of sp³-hybridized carbons (Fsp3) is 0.222. The van der Waals surface area contributed by atoms with E-state index < -0.39 is 0 Å². The maximum Gasteiger partial charge on any atom is 0.272 e. The van der Waals surface area contributed by atoms with Crippen LogP contribution in [0.5, 0.6) is 0 Å². The molecule has 32 heavy (non-hydrogen) atoms. The lowest BCUT2D eigenvalue weighted by atomic mass is 9.87. The quantitative estimate of drug-likeness (QED) is 0.523. The van der Waals surface area contributed by atoms with Crippen LogP contribution in [0.25, 0.3) is 11.0 Å². The highest BCUT2D eigenvalue weighted by atomic mass is 16.1. The molecule has 0 radical (unpaired) electrons. The van der Waals surface area contributed by atoms with E-state index in [1.807, 2.05) is 42.5 Å². The minimum absolute atomic E-state index is 0.0184. The number of hydrogen-bond acceptors (Lipinski definition) is 3. The number of rotatable bonds is 4. The van der Waals surface area contributed by atoms with Crippen molar-refractivity contribution in [1.29, 1.82) is 0 Å². The normalized spacial score (nSPS) is 15.3. The second-order valence-corrected chi connectivity index (χ2v) is 8.39. The molecule has 0 bridgehead atoms. The lowest BCUT2D eigenvalue weighted by molar-refractivity contribution is 0.0933. The Hall–Kier alpha value is -3.73. The first-order valence-corrected chi connectivity index (χ1v) is 11.0. The molecular weight excluding hydrogens is 398 g/mol. The van der Waals surface area contributed by atoms with Crippen molar-refractivity contribution in [3.63, 3.8) is 0 Å². The Morgan fingerprint density at radius 1 is 1.06 bits per heavy atom. The number of benzene rings is 3. The molecule has 0 saturated carbocycles. The molecule has 5 rings (SSSR count). The number of carbonyl (C=O) groups is 1. The predicted octanol–water partition coefficient (Wildman–Crippen LogP) is 4.56. The molecule has 160 valence electrons. The number of hydrogen-bond donors (Lipinski definition) is 1. The van der Waals surface area contributed by atoms with Crippen LogP contribution in [0.3, 0.4) is 0 Å². The molecule has 1 aliphatic rings. The molecule has 0 fully saturated rings. The van der Waals surface area contributed by atoms with Crippen LogP contribution in [0.4, 0.5) is 0 Å². The summed E-state index contributed by atoms with van der Waals surface area (Å²) in [5, 5.41) is 3.20. The number of nitrogens with zero attached hydrogens (tertiary/aromatic N) is 2.